The van der Waals surface area contributed by atoms with E-state index in [2.05, 4.69) is 125 Å². The van der Waals surface area contributed by atoms with Crippen LogP contribution < -0.4 is 4.40 Å². The first kappa shape index (κ1) is 35.8. The van der Waals surface area contributed by atoms with Crippen LogP contribution in [-0.2, 0) is 31.9 Å². The summed E-state index contributed by atoms with van der Waals surface area (Å²) in [5.41, 5.74) is 10.0. The van der Waals surface area contributed by atoms with Gasteiger partial charge in [0, 0.05) is 31.7 Å². The van der Waals surface area contributed by atoms with E-state index in [0.717, 1.165) is 51.4 Å². The van der Waals surface area contributed by atoms with E-state index in [-0.39, 0.29) is 25.5 Å². The molecule has 1 atom stereocenters. The molecule has 0 N–H and O–H groups in total. The Kier molecular flexibility index (Phi) is 11.5. The topological polar surface area (TPSA) is 38.9 Å². The Balaban J connectivity index is 0.000000207. The molecule has 0 amide bonds. The van der Waals surface area contributed by atoms with Crippen LogP contribution in [0, 0.1) is 25.0 Å². The number of aryl methyl sites for hydroxylation is 1. The van der Waals surface area contributed by atoms with Gasteiger partial charge < -0.3 is 9.40 Å². The van der Waals surface area contributed by atoms with Gasteiger partial charge in [0.1, 0.15) is 5.58 Å². The van der Waals surface area contributed by atoms with Crippen LogP contribution in [0.4, 0.5) is 0 Å². The van der Waals surface area contributed by atoms with Gasteiger partial charge in [-0.05, 0) is 41.3 Å². The van der Waals surface area contributed by atoms with Crippen LogP contribution in [0.5, 0.6) is 0 Å². The predicted molar refractivity (Wildman–Crippen MR) is 194 cm³/mol. The number of nitrogens with zero attached hydrogens (tertiary/aromatic N) is 2. The van der Waals surface area contributed by atoms with E-state index >= 15 is 0 Å². The molecule has 3 aromatic heterocycles. The largest absolute Gasteiger partial charge is 0.500 e. The minimum atomic E-state index is -1.87. The third-order valence-electron chi connectivity index (χ3n) is 8.59. The number of rotatable bonds is 6. The van der Waals surface area contributed by atoms with E-state index < -0.39 is 13.3 Å². The molecule has 1 unspecified atom stereocenters. The predicted octanol–water partition coefficient (Wildman–Crippen LogP) is 10.7. The van der Waals surface area contributed by atoms with E-state index in [4.69, 9.17) is 9.40 Å². The van der Waals surface area contributed by atoms with Crippen molar-refractivity contribution in [2.24, 2.45) is 5.92 Å². The summed E-state index contributed by atoms with van der Waals surface area (Å²) in [6.45, 7) is 13.4. The first-order valence-corrected chi connectivity index (χ1v) is 23.5. The normalized spacial score (nSPS) is 12.4. The standard InChI is InChI=1S/C22H20NO.C19H26GeN.Ir/c1-14-6-5-7-20-21(14)17-12-15(8-9-19(17)24-20)18-13-16(10-11-23-18)22(2,3)4;1-6-15(2)12-17-13-19(16-10-8-7-9-11-16)21-14-18(17)20(3,4)5;/h5-7,9-13H,1-4H3;7-10,13-15H,6,12H2,1-5H3;/q2*-1;. The Morgan fingerprint density at radius 2 is 1.63 bits per heavy atom. The molecule has 0 saturated carbocycles. The average molecular weight is 848 g/mol. The second-order valence-corrected chi connectivity index (χ2v) is 24.9. The monoisotopic (exact) mass is 849 g/mol. The molecule has 3 heterocycles. The summed E-state index contributed by atoms with van der Waals surface area (Å²) in [7, 11) is 0. The molecule has 0 fully saturated rings. The number of benzene rings is 3. The van der Waals surface area contributed by atoms with Gasteiger partial charge in [0.2, 0.25) is 0 Å². The number of aromatic nitrogens is 2. The van der Waals surface area contributed by atoms with Gasteiger partial charge >= 0.3 is 132 Å². The van der Waals surface area contributed by atoms with Gasteiger partial charge in [0.05, 0.1) is 5.58 Å². The molecule has 3 nitrogen and oxygen atoms in total. The van der Waals surface area contributed by atoms with E-state index in [1.165, 1.54) is 28.5 Å². The maximum Gasteiger partial charge on any atom is 0.121 e. The summed E-state index contributed by atoms with van der Waals surface area (Å²) < 4.78 is 7.50. The van der Waals surface area contributed by atoms with Gasteiger partial charge in [0.25, 0.3) is 0 Å². The van der Waals surface area contributed by atoms with Crippen LogP contribution >= 0.6 is 0 Å². The molecule has 0 aliphatic heterocycles. The van der Waals surface area contributed by atoms with Gasteiger partial charge in [0.15, 0.2) is 0 Å². The summed E-state index contributed by atoms with van der Waals surface area (Å²) in [4.78, 5) is 9.28. The average Bonchev–Trinajstić information content (AvgIpc) is 3.40. The third-order valence-corrected chi connectivity index (χ3v) is 12.9. The molecular formula is C41H46GeIrN2O-2. The fraction of sp³-hybridized carbons (Fsp3) is 0.317. The summed E-state index contributed by atoms with van der Waals surface area (Å²) in [6.07, 6.45) is 6.42. The minimum Gasteiger partial charge on any atom is -0.500 e. The molecule has 0 aliphatic carbocycles. The maximum absolute atomic E-state index is 5.95. The van der Waals surface area contributed by atoms with Crippen LogP contribution in [0.25, 0.3) is 44.5 Å². The molecule has 0 bridgehead atoms. The fourth-order valence-electron chi connectivity index (χ4n) is 5.70. The smallest absolute Gasteiger partial charge is 0.121 e. The first-order chi connectivity index (χ1) is 21.3. The zero-order valence-electron chi connectivity index (χ0n) is 28.7. The maximum atomic E-state index is 5.95. The number of pyridine rings is 2. The van der Waals surface area contributed by atoms with Gasteiger partial charge in [-0.3, -0.25) is 0 Å². The van der Waals surface area contributed by atoms with Crippen molar-refractivity contribution in [3.8, 4) is 22.5 Å². The SMILES string of the molecule is CCC(C)Cc1cc(-c2[c-]cccc2)nc[c]1[Ge]([CH3])([CH3])[CH3].Cc1cccc2oc3c[c-]c(-c4cc(C(C)(C)C)ccn4)cc3c12.[Ir]. The summed E-state index contributed by atoms with van der Waals surface area (Å²) >= 11 is -1.87. The number of hydrogen-bond acceptors (Lipinski definition) is 3. The van der Waals surface area contributed by atoms with Crippen molar-refractivity contribution in [1.29, 1.82) is 0 Å². The number of furan rings is 1. The molecular weight excluding hydrogens is 801 g/mol. The van der Waals surface area contributed by atoms with Gasteiger partial charge in [-0.1, -0.05) is 44.4 Å². The molecule has 0 aliphatic rings. The van der Waals surface area contributed by atoms with E-state index in [1.807, 2.05) is 36.5 Å². The van der Waals surface area contributed by atoms with Gasteiger partial charge in [-0.25, -0.2) is 0 Å². The van der Waals surface area contributed by atoms with Crippen molar-refractivity contribution < 1.29 is 24.5 Å². The molecule has 0 spiro atoms. The Bertz CT molecular complexity index is 1920. The van der Waals surface area contributed by atoms with Crippen molar-refractivity contribution >= 4 is 39.6 Å². The summed E-state index contributed by atoms with van der Waals surface area (Å²) in [5, 5.41) is 2.30. The minimum absolute atomic E-state index is 0. The molecule has 3 aromatic carbocycles. The Morgan fingerprint density at radius 1 is 0.870 bits per heavy atom. The first-order valence-electron chi connectivity index (χ1n) is 16.1. The Labute approximate surface area is 292 Å². The summed E-state index contributed by atoms with van der Waals surface area (Å²) in [5.74, 6) is 8.07. The van der Waals surface area contributed by atoms with Crippen LogP contribution in [0.15, 0.2) is 89.6 Å². The van der Waals surface area contributed by atoms with Gasteiger partial charge in [-0.2, -0.15) is 0 Å². The van der Waals surface area contributed by atoms with E-state index in [9.17, 15) is 0 Å². The van der Waals surface area contributed by atoms with Crippen LogP contribution in [-0.4, -0.2) is 23.2 Å². The van der Waals surface area contributed by atoms with Crippen LogP contribution in [0.2, 0.25) is 17.3 Å². The van der Waals surface area contributed by atoms with Crippen molar-refractivity contribution in [2.45, 2.75) is 77.1 Å². The van der Waals surface area contributed by atoms with Crippen molar-refractivity contribution in [3.63, 3.8) is 0 Å². The molecule has 6 rings (SSSR count). The molecule has 1 radical (unpaired) electrons. The van der Waals surface area contributed by atoms with Crippen LogP contribution in [0.3, 0.4) is 0 Å². The zero-order chi connectivity index (χ0) is 32.4. The zero-order valence-corrected chi connectivity index (χ0v) is 33.2. The van der Waals surface area contributed by atoms with E-state index in [1.54, 1.807) is 4.40 Å². The Hall–Kier alpha value is -3.05. The molecule has 6 aromatic rings. The quantitative estimate of drug-likeness (QED) is 0.124. The molecule has 46 heavy (non-hydrogen) atoms. The van der Waals surface area contributed by atoms with Crippen molar-refractivity contribution in [3.05, 3.63) is 114 Å². The van der Waals surface area contributed by atoms with Gasteiger partial charge in [-0.15, -0.1) is 23.8 Å². The second kappa shape index (κ2) is 14.8. The van der Waals surface area contributed by atoms with Crippen LogP contribution in [0.1, 0.15) is 57.7 Å². The van der Waals surface area contributed by atoms with Crippen molar-refractivity contribution in [2.75, 3.05) is 0 Å². The number of hydrogen-bond donors (Lipinski definition) is 0. The molecule has 241 valence electrons. The fourth-order valence-corrected chi connectivity index (χ4v) is 9.04. The van der Waals surface area contributed by atoms with Crippen molar-refractivity contribution in [1.82, 2.24) is 9.97 Å². The third kappa shape index (κ3) is 8.26. The molecule has 5 heteroatoms. The second-order valence-electron chi connectivity index (χ2n) is 14.3. The molecule has 0 saturated heterocycles. The summed E-state index contributed by atoms with van der Waals surface area (Å²) in [6, 6.07) is 31.5. The van der Waals surface area contributed by atoms with E-state index in [0.29, 0.717) is 0 Å². The number of fused-ring (bicyclic) bond motifs is 3. The Morgan fingerprint density at radius 3 is 2.30 bits per heavy atom.